The van der Waals surface area contributed by atoms with E-state index in [1.54, 1.807) is 32.4 Å². The molecule has 0 saturated carbocycles. The Hall–Kier alpha value is -3.72. The van der Waals surface area contributed by atoms with Crippen LogP contribution in [0.2, 0.25) is 0 Å². The summed E-state index contributed by atoms with van der Waals surface area (Å²) in [6.45, 7) is 5.78. The highest BCUT2D eigenvalue weighted by Crippen LogP contribution is 2.46. The molecule has 4 rings (SSSR count). The summed E-state index contributed by atoms with van der Waals surface area (Å²) in [5.41, 5.74) is 2.44. The lowest BCUT2D eigenvalue weighted by Crippen LogP contribution is -2.38. The van der Waals surface area contributed by atoms with Gasteiger partial charge in [0.2, 0.25) is 5.91 Å². The number of furan rings is 1. The third-order valence-electron chi connectivity index (χ3n) is 5.37. The number of allylic oxidation sites excluding steroid dienone is 1. The number of carbonyl (C=O) groups excluding carboxylic acids is 2. The number of fused-ring (bicyclic) bond motifs is 1. The predicted octanol–water partition coefficient (Wildman–Crippen LogP) is 4.30. The molecule has 0 saturated heterocycles. The highest BCUT2D eigenvalue weighted by Gasteiger charge is 2.42. The number of amides is 1. The Labute approximate surface area is 202 Å². The van der Waals surface area contributed by atoms with Crippen LogP contribution < -0.4 is 10.1 Å². The number of methoxy groups -OCH3 is 1. The molecule has 1 aromatic heterocycles. The molecule has 2 aliphatic rings. The summed E-state index contributed by atoms with van der Waals surface area (Å²) in [7, 11) is 1.58. The molecule has 0 fully saturated rings. The minimum Gasteiger partial charge on any atom is -0.496 e. The summed E-state index contributed by atoms with van der Waals surface area (Å²) in [4.78, 5) is 32.4. The fraction of sp³-hybridized carbons (Fsp3) is 0.240. The first-order valence-corrected chi connectivity index (χ1v) is 11.6. The van der Waals surface area contributed by atoms with Crippen molar-refractivity contribution < 1.29 is 23.5 Å². The standard InChI is InChI=1S/C25H25N3O5S/c1-4-11-33-24(30)22-16(2)27-25-28(23(22)19-9-5-6-10-20(19)31-3)17(15-34-25)13-21(29)26-14-18-8-7-12-32-18/h4-10,12,15,23H,1,11,13-14H2,2-3H3,(H,26,29). The van der Waals surface area contributed by atoms with E-state index in [1.807, 2.05) is 34.6 Å². The Morgan fingerprint density at radius 3 is 2.85 bits per heavy atom. The highest BCUT2D eigenvalue weighted by atomic mass is 32.2. The van der Waals surface area contributed by atoms with E-state index in [4.69, 9.17) is 13.9 Å². The Bertz CT molecular complexity index is 1180. The highest BCUT2D eigenvalue weighted by molar-refractivity contribution is 8.16. The first kappa shape index (κ1) is 23.4. The number of aliphatic imine (C=N–C) groups is 1. The Morgan fingerprint density at radius 1 is 1.29 bits per heavy atom. The molecular weight excluding hydrogens is 454 g/mol. The summed E-state index contributed by atoms with van der Waals surface area (Å²) in [6.07, 6.45) is 3.18. The van der Waals surface area contributed by atoms with Crippen molar-refractivity contribution in [2.75, 3.05) is 13.7 Å². The van der Waals surface area contributed by atoms with Gasteiger partial charge in [-0.25, -0.2) is 9.79 Å². The minimum atomic E-state index is -0.569. The molecule has 0 spiro atoms. The van der Waals surface area contributed by atoms with Crippen LogP contribution in [-0.2, 0) is 20.9 Å². The van der Waals surface area contributed by atoms with Crippen molar-refractivity contribution in [1.29, 1.82) is 0 Å². The van der Waals surface area contributed by atoms with E-state index < -0.39 is 12.0 Å². The van der Waals surface area contributed by atoms with E-state index in [2.05, 4.69) is 16.9 Å². The number of esters is 1. The van der Waals surface area contributed by atoms with Crippen LogP contribution in [0.5, 0.6) is 5.75 Å². The van der Waals surface area contributed by atoms with Crippen LogP contribution in [0.3, 0.4) is 0 Å². The number of nitrogens with zero attached hydrogens (tertiary/aromatic N) is 2. The number of hydrogen-bond donors (Lipinski definition) is 1. The van der Waals surface area contributed by atoms with E-state index in [9.17, 15) is 9.59 Å². The van der Waals surface area contributed by atoms with Crippen molar-refractivity contribution in [3.63, 3.8) is 0 Å². The van der Waals surface area contributed by atoms with Gasteiger partial charge in [0.1, 0.15) is 18.1 Å². The average Bonchev–Trinajstić information content (AvgIpc) is 3.50. The van der Waals surface area contributed by atoms with Gasteiger partial charge in [-0.05, 0) is 30.5 Å². The van der Waals surface area contributed by atoms with Gasteiger partial charge in [0.25, 0.3) is 0 Å². The lowest BCUT2D eigenvalue weighted by atomic mass is 9.93. The average molecular weight is 480 g/mol. The maximum Gasteiger partial charge on any atom is 0.338 e. The van der Waals surface area contributed by atoms with E-state index in [0.717, 1.165) is 11.3 Å². The Morgan fingerprint density at radius 2 is 2.12 bits per heavy atom. The quantitative estimate of drug-likeness (QED) is 0.423. The molecule has 1 atom stereocenters. The molecule has 0 bridgehead atoms. The molecule has 1 aromatic carbocycles. The van der Waals surface area contributed by atoms with Crippen LogP contribution in [0.1, 0.15) is 30.7 Å². The molecule has 176 valence electrons. The van der Waals surface area contributed by atoms with Crippen molar-refractivity contribution in [1.82, 2.24) is 10.2 Å². The second-order valence-corrected chi connectivity index (χ2v) is 8.39. The van der Waals surface area contributed by atoms with Gasteiger partial charge in [0.05, 0.1) is 43.7 Å². The van der Waals surface area contributed by atoms with Gasteiger partial charge >= 0.3 is 5.97 Å². The van der Waals surface area contributed by atoms with Crippen LogP contribution in [0, 0.1) is 0 Å². The molecule has 2 aliphatic heterocycles. The number of thioether (sulfide) groups is 1. The first-order valence-electron chi connectivity index (χ1n) is 10.7. The monoisotopic (exact) mass is 479 g/mol. The van der Waals surface area contributed by atoms with Crippen LogP contribution in [0.15, 0.2) is 87.1 Å². The molecule has 0 radical (unpaired) electrons. The fourth-order valence-electron chi connectivity index (χ4n) is 3.86. The molecular formula is C25H25N3O5S. The van der Waals surface area contributed by atoms with Gasteiger partial charge in [-0.15, -0.1) is 0 Å². The lowest BCUT2D eigenvalue weighted by molar-refractivity contribution is -0.138. The van der Waals surface area contributed by atoms with Gasteiger partial charge in [0.15, 0.2) is 5.17 Å². The molecule has 3 heterocycles. The maximum absolute atomic E-state index is 13.1. The summed E-state index contributed by atoms with van der Waals surface area (Å²) < 4.78 is 16.3. The minimum absolute atomic E-state index is 0.0808. The number of nitrogens with one attached hydrogen (secondary N) is 1. The van der Waals surface area contributed by atoms with E-state index in [0.29, 0.717) is 34.5 Å². The number of rotatable bonds is 9. The van der Waals surface area contributed by atoms with Gasteiger partial charge in [-0.1, -0.05) is 42.6 Å². The summed E-state index contributed by atoms with van der Waals surface area (Å²) >= 11 is 1.41. The molecule has 1 N–H and O–H groups in total. The van der Waals surface area contributed by atoms with Gasteiger partial charge < -0.3 is 24.1 Å². The summed E-state index contributed by atoms with van der Waals surface area (Å²) in [5.74, 6) is 0.620. The van der Waals surface area contributed by atoms with Crippen LogP contribution >= 0.6 is 11.8 Å². The molecule has 8 nitrogen and oxygen atoms in total. The second-order valence-electron chi connectivity index (χ2n) is 7.55. The Balaban J connectivity index is 1.66. The zero-order valence-electron chi connectivity index (χ0n) is 18.9. The summed E-state index contributed by atoms with van der Waals surface area (Å²) in [5, 5.41) is 5.44. The first-order chi connectivity index (χ1) is 16.5. The third kappa shape index (κ3) is 4.79. The topological polar surface area (TPSA) is 93.4 Å². The van der Waals surface area contributed by atoms with Gasteiger partial charge in [-0.2, -0.15) is 0 Å². The van der Waals surface area contributed by atoms with Crippen LogP contribution in [0.4, 0.5) is 0 Å². The smallest absolute Gasteiger partial charge is 0.338 e. The molecule has 1 unspecified atom stereocenters. The molecule has 1 amide bonds. The molecule has 34 heavy (non-hydrogen) atoms. The number of hydrogen-bond acceptors (Lipinski definition) is 8. The molecule has 2 aromatic rings. The van der Waals surface area contributed by atoms with E-state index in [1.165, 1.54) is 17.8 Å². The number of ether oxygens (including phenoxy) is 2. The van der Waals surface area contributed by atoms with Crippen molar-refractivity contribution in [3.8, 4) is 5.75 Å². The fourth-order valence-corrected chi connectivity index (χ4v) is 4.82. The number of carbonyl (C=O) groups is 2. The van der Waals surface area contributed by atoms with Crippen LogP contribution in [0.25, 0.3) is 0 Å². The number of benzene rings is 1. The third-order valence-corrected chi connectivity index (χ3v) is 6.26. The van der Waals surface area contributed by atoms with E-state index in [-0.39, 0.29) is 18.9 Å². The van der Waals surface area contributed by atoms with Gasteiger partial charge in [0, 0.05) is 11.3 Å². The SMILES string of the molecule is C=CCOC(=O)C1=C(C)N=C2SC=C(CC(=O)NCc3ccco3)N2C1c1ccccc1OC. The Kier molecular flexibility index (Phi) is 7.22. The lowest BCUT2D eigenvalue weighted by Gasteiger charge is -2.36. The molecule has 0 aliphatic carbocycles. The van der Waals surface area contributed by atoms with Crippen molar-refractivity contribution >= 4 is 28.8 Å². The largest absolute Gasteiger partial charge is 0.496 e. The number of para-hydroxylation sites is 1. The van der Waals surface area contributed by atoms with Crippen LogP contribution in [-0.4, -0.2) is 35.7 Å². The zero-order valence-corrected chi connectivity index (χ0v) is 19.8. The van der Waals surface area contributed by atoms with Crippen molar-refractivity contribution in [2.24, 2.45) is 4.99 Å². The normalized spacial score (nSPS) is 17.0. The summed E-state index contributed by atoms with van der Waals surface area (Å²) in [6, 6.07) is 10.5. The predicted molar refractivity (Wildman–Crippen MR) is 130 cm³/mol. The van der Waals surface area contributed by atoms with E-state index >= 15 is 0 Å². The number of amidine groups is 1. The maximum atomic E-state index is 13.1. The van der Waals surface area contributed by atoms with Gasteiger partial charge in [-0.3, -0.25) is 4.79 Å². The zero-order chi connectivity index (χ0) is 24.1. The molecule has 9 heteroatoms. The second kappa shape index (κ2) is 10.5. The van der Waals surface area contributed by atoms with Crippen molar-refractivity contribution in [2.45, 2.75) is 25.9 Å². The van der Waals surface area contributed by atoms with Crippen molar-refractivity contribution in [3.05, 3.63) is 89.0 Å².